The van der Waals surface area contributed by atoms with Gasteiger partial charge < -0.3 is 24.8 Å². The summed E-state index contributed by atoms with van der Waals surface area (Å²) >= 11 is 0. The van der Waals surface area contributed by atoms with Gasteiger partial charge in [0.15, 0.2) is 5.79 Å². The van der Waals surface area contributed by atoms with E-state index in [2.05, 4.69) is 10.6 Å². The zero-order valence-corrected chi connectivity index (χ0v) is 14.4. The molecule has 6 nitrogen and oxygen atoms in total. The maximum atomic E-state index is 12.1. The van der Waals surface area contributed by atoms with Gasteiger partial charge >= 0.3 is 6.03 Å². The van der Waals surface area contributed by atoms with Gasteiger partial charge in [0.1, 0.15) is 6.10 Å². The SMILES string of the molecule is O=C(NC[C@@H]1COC2(CCOCC2)O1)N[C@@H]1C[C@H]1C1CCCCC1. The average Bonchev–Trinajstić information content (AvgIpc) is 3.28. The molecule has 0 aromatic carbocycles. The van der Waals surface area contributed by atoms with Gasteiger partial charge in [0.05, 0.1) is 19.8 Å². The maximum Gasteiger partial charge on any atom is 0.315 e. The Kier molecular flexibility index (Phi) is 4.97. The quantitative estimate of drug-likeness (QED) is 0.824. The minimum Gasteiger partial charge on any atom is -0.381 e. The molecule has 4 aliphatic rings. The van der Waals surface area contributed by atoms with Crippen LogP contribution in [-0.4, -0.2) is 50.3 Å². The van der Waals surface area contributed by atoms with E-state index in [1.165, 1.54) is 32.1 Å². The number of urea groups is 1. The summed E-state index contributed by atoms with van der Waals surface area (Å²) in [5.74, 6) is 1.08. The van der Waals surface area contributed by atoms with Crippen molar-refractivity contribution < 1.29 is 19.0 Å². The summed E-state index contributed by atoms with van der Waals surface area (Å²) in [6.45, 7) is 2.43. The monoisotopic (exact) mass is 338 g/mol. The molecule has 4 rings (SSSR count). The highest BCUT2D eigenvalue weighted by molar-refractivity contribution is 5.74. The van der Waals surface area contributed by atoms with Crippen LogP contribution in [0.15, 0.2) is 0 Å². The van der Waals surface area contributed by atoms with Gasteiger partial charge in [0.25, 0.3) is 0 Å². The lowest BCUT2D eigenvalue weighted by Gasteiger charge is -2.31. The molecule has 2 amide bonds. The number of ether oxygens (including phenoxy) is 3. The molecule has 2 saturated heterocycles. The van der Waals surface area contributed by atoms with Crippen molar-refractivity contribution in [1.82, 2.24) is 10.6 Å². The number of hydrogen-bond acceptors (Lipinski definition) is 4. The molecular weight excluding hydrogens is 308 g/mol. The fraction of sp³-hybridized carbons (Fsp3) is 0.944. The summed E-state index contributed by atoms with van der Waals surface area (Å²) in [6, 6.07) is 0.325. The Hall–Kier alpha value is -0.850. The Balaban J connectivity index is 1.14. The summed E-state index contributed by atoms with van der Waals surface area (Å²) in [7, 11) is 0. The van der Waals surface area contributed by atoms with E-state index < -0.39 is 5.79 Å². The lowest BCUT2D eigenvalue weighted by Crippen LogP contribution is -2.43. The Morgan fingerprint density at radius 3 is 2.71 bits per heavy atom. The van der Waals surface area contributed by atoms with E-state index in [0.29, 0.717) is 38.3 Å². The second-order valence-electron chi connectivity index (χ2n) is 7.83. The summed E-state index contributed by atoms with van der Waals surface area (Å²) in [4.78, 5) is 12.1. The predicted molar refractivity (Wildman–Crippen MR) is 88.6 cm³/mol. The molecule has 2 N–H and O–H groups in total. The van der Waals surface area contributed by atoms with Gasteiger partial charge in [0.2, 0.25) is 0 Å². The van der Waals surface area contributed by atoms with E-state index in [4.69, 9.17) is 14.2 Å². The first kappa shape index (κ1) is 16.6. The molecule has 1 spiro atoms. The third kappa shape index (κ3) is 3.86. The van der Waals surface area contributed by atoms with Gasteiger partial charge in [0, 0.05) is 25.4 Å². The Labute approximate surface area is 144 Å². The highest BCUT2D eigenvalue weighted by Crippen LogP contribution is 2.44. The van der Waals surface area contributed by atoms with Gasteiger partial charge in [-0.05, 0) is 18.3 Å². The molecule has 2 aliphatic carbocycles. The summed E-state index contributed by atoms with van der Waals surface area (Å²) < 4.78 is 17.2. The Bertz CT molecular complexity index is 446. The standard InChI is InChI=1S/C18H30N2O4/c21-17(20-16-10-15(16)13-4-2-1-3-5-13)19-11-14-12-23-18(24-14)6-8-22-9-7-18/h13-16H,1-12H2,(H2,19,20,21)/t14-,15+,16-/m1/s1. The van der Waals surface area contributed by atoms with E-state index in [9.17, 15) is 4.79 Å². The molecule has 2 aliphatic heterocycles. The Morgan fingerprint density at radius 2 is 1.92 bits per heavy atom. The lowest BCUT2D eigenvalue weighted by atomic mass is 9.85. The smallest absolute Gasteiger partial charge is 0.315 e. The maximum absolute atomic E-state index is 12.1. The minimum atomic E-state index is -0.469. The van der Waals surface area contributed by atoms with Crippen LogP contribution < -0.4 is 10.6 Å². The lowest BCUT2D eigenvalue weighted by molar-refractivity contribution is -0.210. The number of amides is 2. The van der Waals surface area contributed by atoms with Crippen LogP contribution in [0.4, 0.5) is 4.79 Å². The first-order valence-electron chi connectivity index (χ1n) is 9.68. The first-order valence-corrected chi connectivity index (χ1v) is 9.68. The second-order valence-corrected chi connectivity index (χ2v) is 7.83. The summed E-state index contributed by atoms with van der Waals surface area (Å²) in [6.07, 6.45) is 9.48. The van der Waals surface area contributed by atoms with E-state index in [1.54, 1.807) is 0 Å². The highest BCUT2D eigenvalue weighted by Gasteiger charge is 2.45. The average molecular weight is 338 g/mol. The molecule has 2 heterocycles. The van der Waals surface area contributed by atoms with Crippen molar-refractivity contribution in [3.63, 3.8) is 0 Å². The molecule has 0 radical (unpaired) electrons. The third-order valence-electron chi connectivity index (χ3n) is 6.07. The van der Waals surface area contributed by atoms with E-state index in [0.717, 1.165) is 25.2 Å². The first-order chi connectivity index (χ1) is 11.7. The van der Waals surface area contributed by atoms with Crippen LogP contribution in [-0.2, 0) is 14.2 Å². The molecule has 0 aromatic rings. The largest absolute Gasteiger partial charge is 0.381 e. The minimum absolute atomic E-state index is 0.0535. The molecule has 3 atom stereocenters. The van der Waals surface area contributed by atoms with Gasteiger partial charge in [-0.2, -0.15) is 0 Å². The van der Waals surface area contributed by atoms with Crippen LogP contribution in [0, 0.1) is 11.8 Å². The fourth-order valence-electron chi connectivity index (χ4n) is 4.55. The van der Waals surface area contributed by atoms with E-state index in [1.807, 2.05) is 0 Å². The third-order valence-corrected chi connectivity index (χ3v) is 6.07. The number of nitrogens with one attached hydrogen (secondary N) is 2. The molecule has 0 unspecified atom stereocenters. The van der Waals surface area contributed by atoms with E-state index in [-0.39, 0.29) is 12.1 Å². The molecule has 24 heavy (non-hydrogen) atoms. The number of rotatable bonds is 4. The molecule has 0 aromatic heterocycles. The van der Waals surface area contributed by atoms with Crippen LogP contribution in [0.2, 0.25) is 0 Å². The second kappa shape index (κ2) is 7.18. The van der Waals surface area contributed by atoms with Crippen molar-refractivity contribution in [3.8, 4) is 0 Å². The van der Waals surface area contributed by atoms with Gasteiger partial charge in [-0.3, -0.25) is 0 Å². The summed E-state index contributed by atoms with van der Waals surface area (Å²) in [5, 5.41) is 6.08. The number of carbonyl (C=O) groups is 1. The van der Waals surface area contributed by atoms with Crippen LogP contribution >= 0.6 is 0 Å². The zero-order valence-electron chi connectivity index (χ0n) is 14.4. The van der Waals surface area contributed by atoms with Crippen molar-refractivity contribution in [2.24, 2.45) is 11.8 Å². The van der Waals surface area contributed by atoms with E-state index >= 15 is 0 Å². The van der Waals surface area contributed by atoms with Crippen LogP contribution in [0.5, 0.6) is 0 Å². The molecule has 0 bridgehead atoms. The van der Waals surface area contributed by atoms with Crippen LogP contribution in [0.25, 0.3) is 0 Å². The summed E-state index contributed by atoms with van der Waals surface area (Å²) in [5.41, 5.74) is 0. The van der Waals surface area contributed by atoms with Gasteiger partial charge in [-0.1, -0.05) is 32.1 Å². The highest BCUT2D eigenvalue weighted by atomic mass is 16.7. The van der Waals surface area contributed by atoms with Crippen molar-refractivity contribution in [1.29, 1.82) is 0 Å². The fourth-order valence-corrected chi connectivity index (χ4v) is 4.55. The molecule has 6 heteroatoms. The molecular formula is C18H30N2O4. The van der Waals surface area contributed by atoms with Crippen molar-refractivity contribution in [3.05, 3.63) is 0 Å². The normalized spacial score (nSPS) is 35.8. The Morgan fingerprint density at radius 1 is 1.12 bits per heavy atom. The zero-order chi connectivity index (χ0) is 16.4. The number of carbonyl (C=O) groups excluding carboxylic acids is 1. The van der Waals surface area contributed by atoms with Crippen molar-refractivity contribution >= 4 is 6.03 Å². The van der Waals surface area contributed by atoms with Crippen LogP contribution in [0.3, 0.4) is 0 Å². The molecule has 4 fully saturated rings. The molecule has 2 saturated carbocycles. The van der Waals surface area contributed by atoms with Crippen LogP contribution in [0.1, 0.15) is 51.4 Å². The molecule has 136 valence electrons. The predicted octanol–water partition coefficient (Wildman–Crippen LogP) is 2.18. The van der Waals surface area contributed by atoms with Crippen molar-refractivity contribution in [2.45, 2.75) is 69.3 Å². The number of hydrogen-bond donors (Lipinski definition) is 2. The topological polar surface area (TPSA) is 68.8 Å². The van der Waals surface area contributed by atoms with Gasteiger partial charge in [-0.15, -0.1) is 0 Å². The van der Waals surface area contributed by atoms with Crippen molar-refractivity contribution in [2.75, 3.05) is 26.4 Å². The van der Waals surface area contributed by atoms with Gasteiger partial charge in [-0.25, -0.2) is 4.79 Å².